The van der Waals surface area contributed by atoms with E-state index >= 15 is 0 Å². The third-order valence-electron chi connectivity index (χ3n) is 3.32. The lowest BCUT2D eigenvalue weighted by atomic mass is 10.1. The molecular formula is C14H16FN3O2S. The van der Waals surface area contributed by atoms with E-state index < -0.39 is 21.9 Å². The van der Waals surface area contributed by atoms with E-state index in [0.29, 0.717) is 0 Å². The van der Waals surface area contributed by atoms with E-state index in [0.717, 1.165) is 4.31 Å². The predicted molar refractivity (Wildman–Crippen MR) is 78.4 cm³/mol. The van der Waals surface area contributed by atoms with Gasteiger partial charge in [-0.3, -0.25) is 0 Å². The Morgan fingerprint density at radius 1 is 1.24 bits per heavy atom. The molecule has 0 fully saturated rings. The fourth-order valence-corrected chi connectivity index (χ4v) is 3.34. The summed E-state index contributed by atoms with van der Waals surface area (Å²) in [6.45, 7) is 1.61. The number of rotatable bonds is 4. The van der Waals surface area contributed by atoms with E-state index in [2.05, 4.69) is 4.98 Å². The molecular weight excluding hydrogens is 293 g/mol. The second kappa shape index (κ2) is 5.79. The maximum absolute atomic E-state index is 13.8. The minimum Gasteiger partial charge on any atom is -0.396 e. The molecule has 112 valence electrons. The summed E-state index contributed by atoms with van der Waals surface area (Å²) in [7, 11) is -2.53. The maximum atomic E-state index is 13.8. The first-order chi connectivity index (χ1) is 9.85. The number of anilines is 1. The van der Waals surface area contributed by atoms with Crippen molar-refractivity contribution in [2.24, 2.45) is 0 Å². The van der Waals surface area contributed by atoms with E-state index in [-0.39, 0.29) is 16.3 Å². The SMILES string of the molecule is CC(c1ccccc1F)N(C)S(=O)(=O)c1ncccc1N. The summed E-state index contributed by atoms with van der Waals surface area (Å²) in [6.07, 6.45) is 1.35. The second-order valence-electron chi connectivity index (χ2n) is 4.62. The highest BCUT2D eigenvalue weighted by Gasteiger charge is 2.30. The highest BCUT2D eigenvalue weighted by atomic mass is 32.2. The van der Waals surface area contributed by atoms with Crippen molar-refractivity contribution in [1.82, 2.24) is 9.29 Å². The number of hydrogen-bond donors (Lipinski definition) is 1. The van der Waals surface area contributed by atoms with E-state index in [1.54, 1.807) is 31.2 Å². The van der Waals surface area contributed by atoms with Crippen molar-refractivity contribution in [3.8, 4) is 0 Å². The van der Waals surface area contributed by atoms with Gasteiger partial charge in [0.1, 0.15) is 5.82 Å². The number of halogens is 1. The molecule has 0 aliphatic rings. The summed E-state index contributed by atoms with van der Waals surface area (Å²) in [5.41, 5.74) is 6.02. The molecule has 21 heavy (non-hydrogen) atoms. The lowest BCUT2D eigenvalue weighted by Gasteiger charge is -2.24. The van der Waals surface area contributed by atoms with Crippen LogP contribution in [0.2, 0.25) is 0 Å². The summed E-state index contributed by atoms with van der Waals surface area (Å²) < 4.78 is 39.9. The molecule has 1 heterocycles. The largest absolute Gasteiger partial charge is 0.396 e. The topological polar surface area (TPSA) is 76.3 Å². The molecule has 1 aromatic carbocycles. The number of pyridine rings is 1. The van der Waals surface area contributed by atoms with Gasteiger partial charge in [0.2, 0.25) is 0 Å². The minimum atomic E-state index is -3.90. The van der Waals surface area contributed by atoms with Crippen LogP contribution >= 0.6 is 0 Å². The highest BCUT2D eigenvalue weighted by molar-refractivity contribution is 7.89. The van der Waals surface area contributed by atoms with Crippen LogP contribution < -0.4 is 5.73 Å². The van der Waals surface area contributed by atoms with Crippen LogP contribution in [0, 0.1) is 5.82 Å². The Labute approximate surface area is 123 Å². The van der Waals surface area contributed by atoms with E-state index in [9.17, 15) is 12.8 Å². The van der Waals surface area contributed by atoms with Crippen molar-refractivity contribution in [3.05, 3.63) is 54.0 Å². The van der Waals surface area contributed by atoms with Crippen LogP contribution in [0.15, 0.2) is 47.6 Å². The molecule has 1 aromatic heterocycles. The van der Waals surface area contributed by atoms with Gasteiger partial charge in [0.15, 0.2) is 5.03 Å². The second-order valence-corrected chi connectivity index (χ2v) is 6.53. The standard InChI is InChI=1S/C14H16FN3O2S/c1-10(11-6-3-4-7-12(11)15)18(2)21(19,20)14-13(16)8-5-9-17-14/h3-10H,16H2,1-2H3. The summed E-state index contributed by atoms with van der Waals surface area (Å²) in [5.74, 6) is -0.457. The molecule has 0 bridgehead atoms. The lowest BCUT2D eigenvalue weighted by molar-refractivity contribution is 0.386. The van der Waals surface area contributed by atoms with Gasteiger partial charge in [0, 0.05) is 24.8 Å². The monoisotopic (exact) mass is 309 g/mol. The van der Waals surface area contributed by atoms with Gasteiger partial charge in [-0.1, -0.05) is 18.2 Å². The van der Waals surface area contributed by atoms with Gasteiger partial charge in [0.05, 0.1) is 5.69 Å². The fourth-order valence-electron chi connectivity index (χ4n) is 1.97. The lowest BCUT2D eigenvalue weighted by Crippen LogP contribution is -2.31. The molecule has 7 heteroatoms. The first-order valence-electron chi connectivity index (χ1n) is 6.28. The van der Waals surface area contributed by atoms with Crippen molar-refractivity contribution in [3.63, 3.8) is 0 Å². The number of hydrogen-bond acceptors (Lipinski definition) is 4. The molecule has 0 amide bonds. The average Bonchev–Trinajstić information content (AvgIpc) is 2.46. The van der Waals surface area contributed by atoms with Gasteiger partial charge >= 0.3 is 0 Å². The fraction of sp³-hybridized carbons (Fsp3) is 0.214. The molecule has 2 N–H and O–H groups in total. The molecule has 0 radical (unpaired) electrons. The van der Waals surface area contributed by atoms with Gasteiger partial charge in [-0.05, 0) is 25.1 Å². The van der Waals surface area contributed by atoms with Gasteiger partial charge in [0.25, 0.3) is 10.0 Å². The van der Waals surface area contributed by atoms with Gasteiger partial charge < -0.3 is 5.73 Å². The Kier molecular flexibility index (Phi) is 4.24. The molecule has 1 atom stereocenters. The minimum absolute atomic E-state index is 0.0603. The van der Waals surface area contributed by atoms with Crippen molar-refractivity contribution in [2.75, 3.05) is 12.8 Å². The Hall–Kier alpha value is -1.99. The van der Waals surface area contributed by atoms with E-state index in [4.69, 9.17) is 5.73 Å². The Bertz CT molecular complexity index is 749. The molecule has 0 aliphatic carbocycles. The number of aromatic nitrogens is 1. The van der Waals surface area contributed by atoms with E-state index in [1.165, 1.54) is 25.4 Å². The van der Waals surface area contributed by atoms with Gasteiger partial charge in [-0.15, -0.1) is 0 Å². The number of benzene rings is 1. The first-order valence-corrected chi connectivity index (χ1v) is 7.72. The zero-order valence-corrected chi connectivity index (χ0v) is 12.5. The van der Waals surface area contributed by atoms with Crippen molar-refractivity contribution >= 4 is 15.7 Å². The molecule has 2 rings (SSSR count). The van der Waals surface area contributed by atoms with Crippen molar-refractivity contribution in [2.45, 2.75) is 18.0 Å². The van der Waals surface area contributed by atoms with E-state index in [1.807, 2.05) is 0 Å². The average molecular weight is 309 g/mol. The van der Waals surface area contributed by atoms with Crippen LogP contribution in [-0.2, 0) is 10.0 Å². The van der Waals surface area contributed by atoms with Gasteiger partial charge in [-0.2, -0.15) is 4.31 Å². The first kappa shape index (κ1) is 15.4. The molecule has 0 saturated heterocycles. The Balaban J connectivity index is 2.42. The summed E-state index contributed by atoms with van der Waals surface area (Å²) in [4.78, 5) is 3.82. The number of nitrogens with two attached hydrogens (primary N) is 1. The predicted octanol–water partition coefficient (Wildman–Crippen LogP) is 2.18. The van der Waals surface area contributed by atoms with Crippen molar-refractivity contribution < 1.29 is 12.8 Å². The van der Waals surface area contributed by atoms with Crippen LogP contribution in [0.3, 0.4) is 0 Å². The highest BCUT2D eigenvalue weighted by Crippen LogP contribution is 2.28. The number of nitrogens with zero attached hydrogens (tertiary/aromatic N) is 2. The molecule has 5 nitrogen and oxygen atoms in total. The van der Waals surface area contributed by atoms with Crippen LogP contribution in [0.5, 0.6) is 0 Å². The molecule has 1 unspecified atom stereocenters. The zero-order chi connectivity index (χ0) is 15.6. The molecule has 2 aromatic rings. The number of sulfonamides is 1. The molecule has 0 spiro atoms. The normalized spacial score (nSPS) is 13.3. The van der Waals surface area contributed by atoms with Crippen LogP contribution in [-0.4, -0.2) is 24.8 Å². The third kappa shape index (κ3) is 2.88. The summed E-state index contributed by atoms with van der Waals surface area (Å²) in [6, 6.07) is 8.38. The van der Waals surface area contributed by atoms with Crippen molar-refractivity contribution in [1.29, 1.82) is 0 Å². The van der Waals surface area contributed by atoms with Crippen LogP contribution in [0.1, 0.15) is 18.5 Å². The van der Waals surface area contributed by atoms with Crippen LogP contribution in [0.4, 0.5) is 10.1 Å². The molecule has 0 saturated carbocycles. The maximum Gasteiger partial charge on any atom is 0.262 e. The quantitative estimate of drug-likeness (QED) is 0.939. The third-order valence-corrected chi connectivity index (χ3v) is 5.23. The van der Waals surface area contributed by atoms with Crippen LogP contribution in [0.25, 0.3) is 0 Å². The Morgan fingerprint density at radius 2 is 1.90 bits per heavy atom. The summed E-state index contributed by atoms with van der Waals surface area (Å²) >= 11 is 0. The summed E-state index contributed by atoms with van der Waals surface area (Å²) in [5, 5.41) is -0.226. The molecule has 0 aliphatic heterocycles. The smallest absolute Gasteiger partial charge is 0.262 e. The number of nitrogen functional groups attached to an aromatic ring is 1. The zero-order valence-electron chi connectivity index (χ0n) is 11.7. The Morgan fingerprint density at radius 3 is 2.52 bits per heavy atom. The van der Waals surface area contributed by atoms with Gasteiger partial charge in [-0.25, -0.2) is 17.8 Å².